The van der Waals surface area contributed by atoms with Gasteiger partial charge in [0.15, 0.2) is 0 Å². The third-order valence-electron chi connectivity index (χ3n) is 3.24. The van der Waals surface area contributed by atoms with Gasteiger partial charge in [0.25, 0.3) is 0 Å². The highest BCUT2D eigenvalue weighted by atomic mass is 16.4. The molecule has 2 aliphatic rings. The number of hydrogen-bond acceptors (Lipinski definition) is 3. The molecule has 1 aliphatic heterocycles. The Morgan fingerprint density at radius 1 is 1.36 bits per heavy atom. The van der Waals surface area contributed by atoms with Gasteiger partial charge in [0.05, 0.1) is 6.61 Å². The van der Waals surface area contributed by atoms with Crippen molar-refractivity contribution in [2.75, 3.05) is 6.61 Å². The van der Waals surface area contributed by atoms with E-state index in [2.05, 4.69) is 0 Å². The van der Waals surface area contributed by atoms with Crippen LogP contribution in [0.2, 0.25) is 0 Å². The Bertz CT molecular complexity index is 304. The van der Waals surface area contributed by atoms with E-state index in [0.29, 0.717) is 6.42 Å². The van der Waals surface area contributed by atoms with Crippen LogP contribution in [-0.2, 0) is 4.79 Å². The summed E-state index contributed by atoms with van der Waals surface area (Å²) in [7, 11) is 0. The van der Waals surface area contributed by atoms with Crippen molar-refractivity contribution >= 4 is 12.1 Å². The number of piperidine rings is 1. The SMILES string of the molecule is O=C(O)[C@@H]1CC2(CO)CC2N1C(=O)O. The summed E-state index contributed by atoms with van der Waals surface area (Å²) in [5.41, 5.74) is -0.471. The van der Waals surface area contributed by atoms with Gasteiger partial charge in [-0.2, -0.15) is 0 Å². The zero-order valence-corrected chi connectivity index (χ0v) is 7.38. The lowest BCUT2D eigenvalue weighted by Crippen LogP contribution is -2.42. The highest BCUT2D eigenvalue weighted by Gasteiger charge is 2.67. The van der Waals surface area contributed by atoms with Crippen LogP contribution >= 0.6 is 0 Å². The minimum atomic E-state index is -1.21. The van der Waals surface area contributed by atoms with Gasteiger partial charge in [0.2, 0.25) is 0 Å². The number of aliphatic hydroxyl groups is 1. The molecular formula is C8H11NO5. The summed E-state index contributed by atoms with van der Waals surface area (Å²) in [6.45, 7) is -0.134. The lowest BCUT2D eigenvalue weighted by molar-refractivity contribution is -0.142. The van der Waals surface area contributed by atoms with Gasteiger partial charge < -0.3 is 15.3 Å². The summed E-state index contributed by atoms with van der Waals surface area (Å²) >= 11 is 0. The molecule has 1 saturated heterocycles. The Kier molecular flexibility index (Phi) is 1.72. The van der Waals surface area contributed by atoms with E-state index in [0.717, 1.165) is 4.90 Å². The Balaban J connectivity index is 2.22. The Hall–Kier alpha value is -1.30. The van der Waals surface area contributed by atoms with Crippen molar-refractivity contribution in [3.05, 3.63) is 0 Å². The highest BCUT2D eigenvalue weighted by molar-refractivity contribution is 5.81. The highest BCUT2D eigenvalue weighted by Crippen LogP contribution is 2.59. The van der Waals surface area contributed by atoms with Crippen molar-refractivity contribution in [1.29, 1.82) is 0 Å². The maximum Gasteiger partial charge on any atom is 0.408 e. The number of carboxylic acids is 1. The largest absolute Gasteiger partial charge is 0.480 e. The molecule has 6 heteroatoms. The summed E-state index contributed by atoms with van der Waals surface area (Å²) in [6, 6.07) is -1.29. The van der Waals surface area contributed by atoms with E-state index in [1.807, 2.05) is 0 Å². The second-order valence-electron chi connectivity index (χ2n) is 3.99. The molecule has 14 heavy (non-hydrogen) atoms. The minimum Gasteiger partial charge on any atom is -0.480 e. The van der Waals surface area contributed by atoms with Crippen LogP contribution in [0.5, 0.6) is 0 Å². The molecule has 3 atom stereocenters. The van der Waals surface area contributed by atoms with E-state index in [-0.39, 0.29) is 19.1 Å². The maximum absolute atomic E-state index is 10.8. The van der Waals surface area contributed by atoms with Gasteiger partial charge in [-0.1, -0.05) is 0 Å². The molecule has 2 fully saturated rings. The third kappa shape index (κ3) is 1.00. The Morgan fingerprint density at radius 3 is 2.36 bits per heavy atom. The van der Waals surface area contributed by atoms with Gasteiger partial charge >= 0.3 is 12.1 Å². The fourth-order valence-corrected chi connectivity index (χ4v) is 2.35. The normalized spacial score (nSPS) is 39.4. The number of likely N-dealkylation sites (tertiary alicyclic amines) is 1. The molecule has 0 aromatic heterocycles. The Labute approximate surface area is 79.7 Å². The summed E-state index contributed by atoms with van der Waals surface area (Å²) in [5, 5.41) is 26.7. The summed E-state index contributed by atoms with van der Waals surface area (Å²) < 4.78 is 0. The fourth-order valence-electron chi connectivity index (χ4n) is 2.35. The monoisotopic (exact) mass is 201 g/mol. The van der Waals surface area contributed by atoms with Crippen LogP contribution in [0.3, 0.4) is 0 Å². The van der Waals surface area contributed by atoms with E-state index in [4.69, 9.17) is 15.3 Å². The first-order valence-electron chi connectivity index (χ1n) is 4.37. The summed E-state index contributed by atoms with van der Waals surface area (Å²) in [5.74, 6) is -1.13. The first-order valence-corrected chi connectivity index (χ1v) is 4.37. The van der Waals surface area contributed by atoms with Crippen molar-refractivity contribution in [3.8, 4) is 0 Å². The number of carbonyl (C=O) groups is 2. The predicted molar refractivity (Wildman–Crippen MR) is 43.8 cm³/mol. The molecule has 78 valence electrons. The maximum atomic E-state index is 10.8. The van der Waals surface area contributed by atoms with Gasteiger partial charge in [-0.25, -0.2) is 9.59 Å². The summed E-state index contributed by atoms with van der Waals surface area (Å²) in [6.07, 6.45) is -0.398. The van der Waals surface area contributed by atoms with Crippen molar-refractivity contribution in [2.45, 2.75) is 24.9 Å². The van der Waals surface area contributed by atoms with Crippen LogP contribution in [0.4, 0.5) is 4.79 Å². The van der Waals surface area contributed by atoms with Gasteiger partial charge in [0.1, 0.15) is 6.04 Å². The van der Waals surface area contributed by atoms with Crippen LogP contribution in [0.15, 0.2) is 0 Å². The molecule has 0 aromatic rings. The number of aliphatic carboxylic acids is 1. The molecule has 0 bridgehead atoms. The number of amides is 1. The lowest BCUT2D eigenvalue weighted by Gasteiger charge is -2.20. The standard InChI is InChI=1S/C8H11NO5/c10-3-8-1-4(6(11)12)9(7(13)14)5(8)2-8/h4-5,10H,1-3H2,(H,11,12)(H,13,14)/t4-,5?,8?/m0/s1. The van der Waals surface area contributed by atoms with Crippen molar-refractivity contribution in [2.24, 2.45) is 5.41 Å². The quantitative estimate of drug-likeness (QED) is 0.563. The second-order valence-corrected chi connectivity index (χ2v) is 3.99. The topological polar surface area (TPSA) is 98.1 Å². The molecule has 1 amide bonds. The van der Waals surface area contributed by atoms with Crippen molar-refractivity contribution in [1.82, 2.24) is 4.90 Å². The molecule has 0 aromatic carbocycles. The van der Waals surface area contributed by atoms with Crippen LogP contribution in [0.25, 0.3) is 0 Å². The summed E-state index contributed by atoms with van der Waals surface area (Å²) in [4.78, 5) is 22.5. The zero-order valence-electron chi connectivity index (χ0n) is 7.38. The average Bonchev–Trinajstić information content (AvgIpc) is 2.71. The van der Waals surface area contributed by atoms with E-state index < -0.39 is 23.5 Å². The predicted octanol–water partition coefficient (Wildman–Crippen LogP) is -0.426. The van der Waals surface area contributed by atoms with Crippen molar-refractivity contribution in [3.63, 3.8) is 0 Å². The minimum absolute atomic E-state index is 0.134. The van der Waals surface area contributed by atoms with Gasteiger partial charge in [-0.15, -0.1) is 0 Å². The second kappa shape index (κ2) is 2.60. The molecule has 1 heterocycles. The third-order valence-corrected chi connectivity index (χ3v) is 3.24. The average molecular weight is 201 g/mol. The van der Waals surface area contributed by atoms with Crippen molar-refractivity contribution < 1.29 is 24.9 Å². The molecule has 1 saturated carbocycles. The number of hydrogen-bond donors (Lipinski definition) is 3. The van der Waals surface area contributed by atoms with E-state index in [9.17, 15) is 9.59 Å². The van der Waals surface area contributed by atoms with Crippen LogP contribution < -0.4 is 0 Å². The number of fused-ring (bicyclic) bond motifs is 1. The molecule has 3 N–H and O–H groups in total. The molecule has 1 aliphatic carbocycles. The smallest absolute Gasteiger partial charge is 0.408 e. The van der Waals surface area contributed by atoms with Gasteiger partial charge in [0, 0.05) is 11.5 Å². The molecule has 0 radical (unpaired) electrons. The zero-order chi connectivity index (χ0) is 10.5. The molecular weight excluding hydrogens is 190 g/mol. The first-order chi connectivity index (χ1) is 6.52. The number of carboxylic acid groups (broad SMARTS) is 2. The number of aliphatic hydroxyl groups excluding tert-OH is 1. The van der Waals surface area contributed by atoms with Gasteiger partial charge in [-0.3, -0.25) is 4.90 Å². The molecule has 2 unspecified atom stereocenters. The molecule has 0 spiro atoms. The molecule has 2 rings (SSSR count). The lowest BCUT2D eigenvalue weighted by atomic mass is 10.0. The van der Waals surface area contributed by atoms with Crippen LogP contribution in [-0.4, -0.2) is 51.0 Å². The molecule has 6 nitrogen and oxygen atoms in total. The Morgan fingerprint density at radius 2 is 2.00 bits per heavy atom. The first kappa shape index (κ1) is 9.26. The van der Waals surface area contributed by atoms with Gasteiger partial charge in [-0.05, 0) is 12.8 Å². The number of nitrogens with zero attached hydrogens (tertiary/aromatic N) is 1. The van der Waals surface area contributed by atoms with Crippen LogP contribution in [0, 0.1) is 5.41 Å². The van der Waals surface area contributed by atoms with E-state index in [1.165, 1.54) is 0 Å². The fraction of sp³-hybridized carbons (Fsp3) is 0.750. The van der Waals surface area contributed by atoms with Crippen LogP contribution in [0.1, 0.15) is 12.8 Å². The van der Waals surface area contributed by atoms with E-state index in [1.54, 1.807) is 0 Å². The number of rotatable bonds is 2. The van der Waals surface area contributed by atoms with E-state index >= 15 is 0 Å².